The van der Waals surface area contributed by atoms with E-state index in [0.29, 0.717) is 17.8 Å². The van der Waals surface area contributed by atoms with Gasteiger partial charge in [-0.05, 0) is 30.7 Å². The van der Waals surface area contributed by atoms with Gasteiger partial charge in [0.25, 0.3) is 0 Å². The van der Waals surface area contributed by atoms with Crippen LogP contribution in [0.5, 0.6) is 0 Å². The summed E-state index contributed by atoms with van der Waals surface area (Å²) in [5.41, 5.74) is 3.34. The lowest BCUT2D eigenvalue weighted by molar-refractivity contribution is 0.251. The number of benzene rings is 2. The molecule has 100 valence electrons. The number of carbonyl (C=O) groups is 1. The molecule has 2 aromatic carbocycles. The normalized spacial score (nSPS) is 9.60. The van der Waals surface area contributed by atoms with Crippen LogP contribution in [-0.4, -0.2) is 6.03 Å². The Hall–Kier alpha value is -2.80. The molecule has 0 saturated heterocycles. The molecule has 0 radical (unpaired) electrons. The molecule has 0 bridgehead atoms. The van der Waals surface area contributed by atoms with Gasteiger partial charge in [0, 0.05) is 12.2 Å². The largest absolute Gasteiger partial charge is 0.334 e. The molecule has 0 fully saturated rings. The predicted molar refractivity (Wildman–Crippen MR) is 78.2 cm³/mol. The van der Waals surface area contributed by atoms with E-state index in [2.05, 4.69) is 10.6 Å². The van der Waals surface area contributed by atoms with Crippen LogP contribution in [0.25, 0.3) is 0 Å². The van der Waals surface area contributed by atoms with Gasteiger partial charge < -0.3 is 10.6 Å². The van der Waals surface area contributed by atoms with Crippen LogP contribution in [0.1, 0.15) is 16.7 Å². The number of carbonyl (C=O) groups excluding carboxylic acids is 1. The fraction of sp³-hybridized carbons (Fsp3) is 0.125. The van der Waals surface area contributed by atoms with Gasteiger partial charge >= 0.3 is 6.03 Å². The zero-order valence-electron chi connectivity index (χ0n) is 11.2. The second-order valence-corrected chi connectivity index (χ2v) is 4.49. The van der Waals surface area contributed by atoms with E-state index in [1.54, 1.807) is 24.3 Å². The van der Waals surface area contributed by atoms with Crippen LogP contribution in [0.15, 0.2) is 48.5 Å². The third kappa shape index (κ3) is 3.85. The van der Waals surface area contributed by atoms with E-state index in [0.717, 1.165) is 5.56 Å². The fourth-order valence-electron chi connectivity index (χ4n) is 1.73. The van der Waals surface area contributed by atoms with E-state index in [9.17, 15) is 4.79 Å². The fourth-order valence-corrected chi connectivity index (χ4v) is 1.73. The number of nitriles is 1. The van der Waals surface area contributed by atoms with Crippen LogP contribution in [-0.2, 0) is 6.54 Å². The molecule has 2 aromatic rings. The maximum Gasteiger partial charge on any atom is 0.319 e. The molecule has 0 heterocycles. The van der Waals surface area contributed by atoms with E-state index in [4.69, 9.17) is 5.26 Å². The average Bonchev–Trinajstić information content (AvgIpc) is 2.47. The highest BCUT2D eigenvalue weighted by atomic mass is 16.2. The zero-order valence-corrected chi connectivity index (χ0v) is 11.2. The third-order valence-corrected chi connectivity index (χ3v) is 2.82. The van der Waals surface area contributed by atoms with Crippen molar-refractivity contribution in [3.8, 4) is 6.07 Å². The van der Waals surface area contributed by atoms with Gasteiger partial charge in [0.1, 0.15) is 0 Å². The van der Waals surface area contributed by atoms with Gasteiger partial charge in [-0.3, -0.25) is 0 Å². The topological polar surface area (TPSA) is 64.9 Å². The number of hydrogen-bond donors (Lipinski definition) is 2. The second-order valence-electron chi connectivity index (χ2n) is 4.49. The summed E-state index contributed by atoms with van der Waals surface area (Å²) in [6.07, 6.45) is 0. The van der Waals surface area contributed by atoms with Gasteiger partial charge in [-0.25, -0.2) is 4.79 Å². The van der Waals surface area contributed by atoms with Crippen molar-refractivity contribution >= 4 is 11.7 Å². The first-order chi connectivity index (χ1) is 9.67. The van der Waals surface area contributed by atoms with Crippen LogP contribution >= 0.6 is 0 Å². The molecule has 2 N–H and O–H groups in total. The monoisotopic (exact) mass is 265 g/mol. The van der Waals surface area contributed by atoms with Crippen molar-refractivity contribution in [1.29, 1.82) is 5.26 Å². The molecule has 0 aliphatic heterocycles. The first kappa shape index (κ1) is 13.6. The van der Waals surface area contributed by atoms with Gasteiger partial charge in [0.05, 0.1) is 11.6 Å². The summed E-state index contributed by atoms with van der Waals surface area (Å²) in [6.45, 7) is 2.48. The van der Waals surface area contributed by atoms with Gasteiger partial charge in [-0.1, -0.05) is 35.9 Å². The van der Waals surface area contributed by atoms with Crippen molar-refractivity contribution in [2.45, 2.75) is 13.5 Å². The number of nitrogens with one attached hydrogen (secondary N) is 2. The molecule has 0 unspecified atom stereocenters. The van der Waals surface area contributed by atoms with Crippen molar-refractivity contribution in [3.63, 3.8) is 0 Å². The Labute approximate surface area is 118 Å². The SMILES string of the molecule is Cc1ccc(CNC(=O)Nc2cccc(C#N)c2)cc1. The predicted octanol–water partition coefficient (Wildman–Crippen LogP) is 3.19. The molecular weight excluding hydrogens is 250 g/mol. The molecule has 20 heavy (non-hydrogen) atoms. The maximum absolute atomic E-state index is 11.7. The molecule has 0 aliphatic carbocycles. The Morgan fingerprint density at radius 3 is 2.65 bits per heavy atom. The summed E-state index contributed by atoms with van der Waals surface area (Å²) in [5, 5.41) is 14.3. The smallest absolute Gasteiger partial charge is 0.319 e. The minimum absolute atomic E-state index is 0.291. The van der Waals surface area contributed by atoms with Crippen LogP contribution in [0.3, 0.4) is 0 Å². The van der Waals surface area contributed by atoms with E-state index in [-0.39, 0.29) is 6.03 Å². The highest BCUT2D eigenvalue weighted by molar-refractivity contribution is 5.89. The quantitative estimate of drug-likeness (QED) is 0.895. The molecule has 4 nitrogen and oxygen atoms in total. The summed E-state index contributed by atoms with van der Waals surface area (Å²) in [6, 6.07) is 16.5. The number of amides is 2. The van der Waals surface area contributed by atoms with Gasteiger partial charge in [0.2, 0.25) is 0 Å². The lowest BCUT2D eigenvalue weighted by Crippen LogP contribution is -2.28. The lowest BCUT2D eigenvalue weighted by Gasteiger charge is -2.08. The van der Waals surface area contributed by atoms with Crippen molar-refractivity contribution in [2.75, 3.05) is 5.32 Å². The molecule has 0 spiro atoms. The first-order valence-corrected chi connectivity index (χ1v) is 6.28. The van der Waals surface area contributed by atoms with Crippen molar-refractivity contribution < 1.29 is 4.79 Å². The minimum Gasteiger partial charge on any atom is -0.334 e. The molecule has 0 aliphatic rings. The highest BCUT2D eigenvalue weighted by Gasteiger charge is 2.02. The Bertz CT molecular complexity index is 642. The van der Waals surface area contributed by atoms with Crippen LogP contribution in [0.4, 0.5) is 10.5 Å². The third-order valence-electron chi connectivity index (χ3n) is 2.82. The summed E-state index contributed by atoms with van der Waals surface area (Å²) >= 11 is 0. The molecule has 0 saturated carbocycles. The summed E-state index contributed by atoms with van der Waals surface area (Å²) in [4.78, 5) is 11.7. The number of hydrogen-bond acceptors (Lipinski definition) is 2. The second kappa shape index (κ2) is 6.39. The molecule has 0 aromatic heterocycles. The van der Waals surface area contributed by atoms with E-state index in [1.165, 1.54) is 5.56 Å². The Morgan fingerprint density at radius 2 is 1.95 bits per heavy atom. The molecular formula is C16H15N3O. The number of nitrogens with zero attached hydrogens (tertiary/aromatic N) is 1. The molecule has 2 rings (SSSR count). The standard InChI is InChI=1S/C16H15N3O/c1-12-5-7-13(8-6-12)11-18-16(20)19-15-4-2-3-14(9-15)10-17/h2-9H,11H2,1H3,(H2,18,19,20). The van der Waals surface area contributed by atoms with Crippen LogP contribution < -0.4 is 10.6 Å². The molecule has 2 amide bonds. The lowest BCUT2D eigenvalue weighted by atomic mass is 10.1. The molecule has 0 atom stereocenters. The summed E-state index contributed by atoms with van der Waals surface area (Å²) in [5.74, 6) is 0. The Kier molecular flexibility index (Phi) is 4.35. The summed E-state index contributed by atoms with van der Waals surface area (Å²) < 4.78 is 0. The van der Waals surface area contributed by atoms with Crippen molar-refractivity contribution in [2.24, 2.45) is 0 Å². The maximum atomic E-state index is 11.7. The van der Waals surface area contributed by atoms with Gasteiger partial charge in [-0.2, -0.15) is 5.26 Å². The van der Waals surface area contributed by atoms with Crippen molar-refractivity contribution in [3.05, 3.63) is 65.2 Å². The Balaban J connectivity index is 1.89. The number of anilines is 1. The zero-order chi connectivity index (χ0) is 14.4. The van der Waals surface area contributed by atoms with Gasteiger partial charge in [-0.15, -0.1) is 0 Å². The van der Waals surface area contributed by atoms with Crippen LogP contribution in [0, 0.1) is 18.3 Å². The van der Waals surface area contributed by atoms with E-state index < -0.39 is 0 Å². The van der Waals surface area contributed by atoms with Gasteiger partial charge in [0.15, 0.2) is 0 Å². The Morgan fingerprint density at radius 1 is 1.20 bits per heavy atom. The highest BCUT2D eigenvalue weighted by Crippen LogP contribution is 2.09. The number of urea groups is 1. The first-order valence-electron chi connectivity index (χ1n) is 6.28. The number of aryl methyl sites for hydroxylation is 1. The number of rotatable bonds is 3. The van der Waals surface area contributed by atoms with E-state index >= 15 is 0 Å². The summed E-state index contributed by atoms with van der Waals surface area (Å²) in [7, 11) is 0. The van der Waals surface area contributed by atoms with Crippen molar-refractivity contribution in [1.82, 2.24) is 5.32 Å². The van der Waals surface area contributed by atoms with E-state index in [1.807, 2.05) is 37.3 Å². The minimum atomic E-state index is -0.291. The molecule has 4 heteroatoms. The van der Waals surface area contributed by atoms with Crippen LogP contribution in [0.2, 0.25) is 0 Å². The average molecular weight is 265 g/mol.